The van der Waals surface area contributed by atoms with Crippen LogP contribution in [0.15, 0.2) is 22.7 Å². The second-order valence-corrected chi connectivity index (χ2v) is 3.83. The summed E-state index contributed by atoms with van der Waals surface area (Å²) in [5, 5.41) is 18.6. The highest BCUT2D eigenvalue weighted by molar-refractivity contribution is 9.10. The third-order valence-electron chi connectivity index (χ3n) is 2.10. The third kappa shape index (κ3) is 2.07. The first kappa shape index (κ1) is 11.0. The molecule has 1 aromatic carbocycles. The maximum absolute atomic E-state index is 10.9. The lowest BCUT2D eigenvalue weighted by Gasteiger charge is -2.12. The van der Waals surface area contributed by atoms with Crippen LogP contribution in [-0.2, 0) is 4.79 Å². The van der Waals surface area contributed by atoms with Crippen LogP contribution in [0.2, 0.25) is 0 Å². The summed E-state index contributed by atoms with van der Waals surface area (Å²) in [5.41, 5.74) is 0.453. The molecule has 1 unspecified atom stereocenters. The number of hydrogen-bond donors (Lipinski definition) is 2. The van der Waals surface area contributed by atoms with Gasteiger partial charge in [0.05, 0.1) is 10.4 Å². The van der Waals surface area contributed by atoms with E-state index >= 15 is 0 Å². The van der Waals surface area contributed by atoms with Crippen molar-refractivity contribution in [2.75, 3.05) is 0 Å². The van der Waals surface area contributed by atoms with Crippen LogP contribution in [0.4, 0.5) is 0 Å². The summed E-state index contributed by atoms with van der Waals surface area (Å²) in [7, 11) is 0. The van der Waals surface area contributed by atoms with Gasteiger partial charge in [0.25, 0.3) is 0 Å². The molecule has 0 spiro atoms. The highest BCUT2D eigenvalue weighted by Gasteiger charge is 2.21. The minimum absolute atomic E-state index is 0.0155. The number of phenolic OH excluding ortho intramolecular Hbond substituents is 1. The molecular weight excluding hydrogens is 248 g/mol. The molecule has 0 aliphatic carbocycles. The average molecular weight is 259 g/mol. The fourth-order valence-electron chi connectivity index (χ4n) is 1.34. The second-order valence-electron chi connectivity index (χ2n) is 2.98. The van der Waals surface area contributed by atoms with Gasteiger partial charge >= 0.3 is 5.97 Å². The largest absolute Gasteiger partial charge is 0.506 e. The molecule has 0 saturated heterocycles. The zero-order valence-electron chi connectivity index (χ0n) is 7.70. The van der Waals surface area contributed by atoms with Crippen LogP contribution < -0.4 is 0 Å². The van der Waals surface area contributed by atoms with Gasteiger partial charge in [0.15, 0.2) is 0 Å². The second kappa shape index (κ2) is 4.46. The van der Waals surface area contributed by atoms with Crippen LogP contribution in [-0.4, -0.2) is 16.2 Å². The molecule has 0 heterocycles. The quantitative estimate of drug-likeness (QED) is 0.877. The van der Waals surface area contributed by atoms with Gasteiger partial charge in [-0.3, -0.25) is 4.79 Å². The van der Waals surface area contributed by atoms with Gasteiger partial charge in [-0.05, 0) is 28.4 Å². The van der Waals surface area contributed by atoms with E-state index in [0.29, 0.717) is 16.5 Å². The van der Waals surface area contributed by atoms with Crippen molar-refractivity contribution < 1.29 is 15.0 Å². The van der Waals surface area contributed by atoms with E-state index < -0.39 is 11.9 Å². The molecule has 76 valence electrons. The summed E-state index contributed by atoms with van der Waals surface area (Å²) >= 11 is 3.15. The van der Waals surface area contributed by atoms with Crippen molar-refractivity contribution in [2.24, 2.45) is 0 Å². The number of carboxylic acids is 1. The number of aromatic hydroxyl groups is 1. The highest BCUT2D eigenvalue weighted by Crippen LogP contribution is 2.34. The Hall–Kier alpha value is -1.03. The van der Waals surface area contributed by atoms with Crippen LogP contribution in [0.5, 0.6) is 5.75 Å². The standard InChI is InChI=1S/C10H11BrO3/c1-2-6(10(13)14)7-4-3-5-8(11)9(7)12/h3-6,12H,2H2,1H3,(H,13,14). The third-order valence-corrected chi connectivity index (χ3v) is 2.74. The molecule has 0 bridgehead atoms. The van der Waals surface area contributed by atoms with Gasteiger partial charge in [0.1, 0.15) is 5.75 Å². The van der Waals surface area contributed by atoms with E-state index in [-0.39, 0.29) is 5.75 Å². The van der Waals surface area contributed by atoms with Gasteiger partial charge in [0.2, 0.25) is 0 Å². The summed E-state index contributed by atoms with van der Waals surface area (Å²) in [4.78, 5) is 10.9. The molecule has 0 aliphatic rings. The van der Waals surface area contributed by atoms with E-state index in [4.69, 9.17) is 5.11 Å². The Morgan fingerprint density at radius 1 is 1.57 bits per heavy atom. The summed E-state index contributed by atoms with van der Waals surface area (Å²) in [6.45, 7) is 1.78. The minimum Gasteiger partial charge on any atom is -0.506 e. The molecule has 1 rings (SSSR count). The molecule has 0 aliphatic heterocycles. The number of phenols is 1. The molecule has 0 saturated carbocycles. The van der Waals surface area contributed by atoms with Gasteiger partial charge in [-0.15, -0.1) is 0 Å². The molecule has 4 heteroatoms. The lowest BCUT2D eigenvalue weighted by atomic mass is 9.96. The average Bonchev–Trinajstić information content (AvgIpc) is 2.13. The van der Waals surface area contributed by atoms with Crippen LogP contribution in [0.1, 0.15) is 24.8 Å². The number of carboxylic acid groups (broad SMARTS) is 1. The Balaban J connectivity index is 3.16. The van der Waals surface area contributed by atoms with Crippen molar-refractivity contribution in [1.29, 1.82) is 0 Å². The molecule has 14 heavy (non-hydrogen) atoms. The first-order chi connectivity index (χ1) is 6.57. The fraction of sp³-hybridized carbons (Fsp3) is 0.300. The van der Waals surface area contributed by atoms with Gasteiger partial charge in [-0.1, -0.05) is 19.1 Å². The smallest absolute Gasteiger partial charge is 0.311 e. The zero-order valence-corrected chi connectivity index (χ0v) is 9.28. The predicted octanol–water partition coefficient (Wildman–Crippen LogP) is 2.73. The maximum Gasteiger partial charge on any atom is 0.311 e. The molecule has 1 aromatic rings. The van der Waals surface area contributed by atoms with Crippen molar-refractivity contribution in [3.8, 4) is 5.75 Å². The number of aliphatic carboxylic acids is 1. The van der Waals surface area contributed by atoms with Gasteiger partial charge in [0, 0.05) is 5.56 Å². The Bertz CT molecular complexity index is 349. The number of rotatable bonds is 3. The summed E-state index contributed by atoms with van der Waals surface area (Å²) in [6, 6.07) is 5.01. The van der Waals surface area contributed by atoms with Gasteiger partial charge in [-0.25, -0.2) is 0 Å². The highest BCUT2D eigenvalue weighted by atomic mass is 79.9. The van der Waals surface area contributed by atoms with Crippen LogP contribution in [0.3, 0.4) is 0 Å². The van der Waals surface area contributed by atoms with Crippen LogP contribution in [0, 0.1) is 0 Å². The molecule has 0 amide bonds. The van der Waals surface area contributed by atoms with Crippen LogP contribution >= 0.6 is 15.9 Å². The number of halogens is 1. The van der Waals surface area contributed by atoms with E-state index in [9.17, 15) is 9.90 Å². The molecule has 1 atom stereocenters. The molecule has 2 N–H and O–H groups in total. The monoisotopic (exact) mass is 258 g/mol. The maximum atomic E-state index is 10.9. The molecule has 0 radical (unpaired) electrons. The Labute approximate surface area is 90.5 Å². The Morgan fingerprint density at radius 3 is 2.71 bits per heavy atom. The summed E-state index contributed by atoms with van der Waals surface area (Å²) in [5.74, 6) is -1.55. The first-order valence-electron chi connectivity index (χ1n) is 4.28. The molecule has 0 aromatic heterocycles. The normalized spacial score (nSPS) is 12.4. The SMILES string of the molecule is CCC(C(=O)O)c1cccc(Br)c1O. The van der Waals surface area contributed by atoms with E-state index in [2.05, 4.69) is 15.9 Å². The topological polar surface area (TPSA) is 57.5 Å². The Kier molecular flexibility index (Phi) is 3.52. The molecular formula is C10H11BrO3. The lowest BCUT2D eigenvalue weighted by molar-refractivity contribution is -0.138. The van der Waals surface area contributed by atoms with E-state index in [1.165, 1.54) is 0 Å². The summed E-state index contributed by atoms with van der Waals surface area (Å²) < 4.78 is 0.523. The van der Waals surface area contributed by atoms with Crippen molar-refractivity contribution in [1.82, 2.24) is 0 Å². The lowest BCUT2D eigenvalue weighted by Crippen LogP contribution is -2.10. The zero-order chi connectivity index (χ0) is 10.7. The number of hydrogen-bond acceptors (Lipinski definition) is 2. The fourth-order valence-corrected chi connectivity index (χ4v) is 1.72. The van der Waals surface area contributed by atoms with Crippen molar-refractivity contribution in [2.45, 2.75) is 19.3 Å². The minimum atomic E-state index is -0.916. The predicted molar refractivity (Wildman–Crippen MR) is 56.5 cm³/mol. The number of carbonyl (C=O) groups is 1. The van der Waals surface area contributed by atoms with E-state index in [1.54, 1.807) is 25.1 Å². The van der Waals surface area contributed by atoms with Crippen LogP contribution in [0.25, 0.3) is 0 Å². The van der Waals surface area contributed by atoms with Crippen molar-refractivity contribution >= 4 is 21.9 Å². The van der Waals surface area contributed by atoms with Crippen molar-refractivity contribution in [3.63, 3.8) is 0 Å². The van der Waals surface area contributed by atoms with E-state index in [0.717, 1.165) is 0 Å². The summed E-state index contributed by atoms with van der Waals surface area (Å²) in [6.07, 6.45) is 0.458. The van der Waals surface area contributed by atoms with Crippen molar-refractivity contribution in [3.05, 3.63) is 28.2 Å². The van der Waals surface area contributed by atoms with E-state index in [1.807, 2.05) is 0 Å². The Morgan fingerprint density at radius 2 is 2.21 bits per heavy atom. The van der Waals surface area contributed by atoms with Gasteiger partial charge in [-0.2, -0.15) is 0 Å². The number of para-hydroxylation sites is 1. The van der Waals surface area contributed by atoms with Gasteiger partial charge < -0.3 is 10.2 Å². The number of benzene rings is 1. The molecule has 0 fully saturated rings. The molecule has 3 nitrogen and oxygen atoms in total. The first-order valence-corrected chi connectivity index (χ1v) is 5.07.